The van der Waals surface area contributed by atoms with Crippen molar-refractivity contribution in [3.8, 4) is 11.6 Å². The predicted molar refractivity (Wildman–Crippen MR) is 143 cm³/mol. The minimum Gasteiger partial charge on any atom is -0.469 e. The van der Waals surface area contributed by atoms with Gasteiger partial charge in [0.25, 0.3) is 0 Å². The third-order valence-corrected chi connectivity index (χ3v) is 5.87. The Bertz CT molecular complexity index is 1530. The third-order valence-electron chi connectivity index (χ3n) is 5.87. The Balaban J connectivity index is 1.68. The molecular formula is C28H29N5O5. The number of anilines is 2. The molecule has 0 aliphatic carbocycles. The average molecular weight is 516 g/mol. The smallest absolute Gasteiger partial charge is 0.354 e. The zero-order valence-electron chi connectivity index (χ0n) is 21.7. The van der Waals surface area contributed by atoms with Gasteiger partial charge in [-0.15, -0.1) is 0 Å². The van der Waals surface area contributed by atoms with Crippen molar-refractivity contribution in [3.63, 3.8) is 0 Å². The van der Waals surface area contributed by atoms with Crippen molar-refractivity contribution in [2.75, 3.05) is 12.4 Å². The van der Waals surface area contributed by atoms with Crippen LogP contribution in [0.4, 0.5) is 11.6 Å². The normalized spacial score (nSPS) is 11.2. The monoisotopic (exact) mass is 515 g/mol. The first-order valence-electron chi connectivity index (χ1n) is 12.0. The number of nitrogens with zero attached hydrogens (tertiary/aromatic N) is 4. The third kappa shape index (κ3) is 6.15. The number of aryl methyl sites for hydroxylation is 1. The van der Waals surface area contributed by atoms with E-state index in [0.717, 1.165) is 15.7 Å². The number of hydrogen-bond acceptors (Lipinski definition) is 8. The lowest BCUT2D eigenvalue weighted by atomic mass is 9.94. The van der Waals surface area contributed by atoms with E-state index in [-0.39, 0.29) is 19.0 Å². The van der Waals surface area contributed by atoms with Crippen LogP contribution < -0.4 is 21.4 Å². The number of carbonyl (C=O) groups is 1. The molecule has 0 saturated heterocycles. The van der Waals surface area contributed by atoms with Crippen molar-refractivity contribution in [1.82, 2.24) is 19.1 Å². The first-order chi connectivity index (χ1) is 18.2. The molecule has 0 aliphatic heterocycles. The van der Waals surface area contributed by atoms with Gasteiger partial charge < -0.3 is 14.8 Å². The van der Waals surface area contributed by atoms with Gasteiger partial charge in [-0.05, 0) is 56.7 Å². The molecule has 4 aromatic rings. The van der Waals surface area contributed by atoms with E-state index in [1.807, 2.05) is 37.3 Å². The molecule has 0 spiro atoms. The van der Waals surface area contributed by atoms with Gasteiger partial charge in [-0.3, -0.25) is 9.36 Å². The van der Waals surface area contributed by atoms with Crippen LogP contribution in [0, 0.1) is 12.3 Å². The molecule has 2 aromatic carbocycles. The van der Waals surface area contributed by atoms with Gasteiger partial charge in [0.15, 0.2) is 0 Å². The first-order valence-corrected chi connectivity index (χ1v) is 12.0. The van der Waals surface area contributed by atoms with Crippen molar-refractivity contribution < 1.29 is 14.3 Å². The Hall–Kier alpha value is -4.73. The fourth-order valence-corrected chi connectivity index (χ4v) is 3.78. The van der Waals surface area contributed by atoms with Gasteiger partial charge in [-0.25, -0.2) is 19.1 Å². The molecule has 0 fully saturated rings. The maximum Gasteiger partial charge on any atom is 0.354 e. The highest BCUT2D eigenvalue weighted by molar-refractivity contribution is 5.75. The van der Waals surface area contributed by atoms with Crippen LogP contribution in [0.2, 0.25) is 0 Å². The van der Waals surface area contributed by atoms with E-state index >= 15 is 0 Å². The summed E-state index contributed by atoms with van der Waals surface area (Å²) in [5.41, 5.74) is 0.0359. The number of methoxy groups -OCH3 is 1. The van der Waals surface area contributed by atoms with Crippen LogP contribution in [0.5, 0.6) is 11.6 Å². The number of ether oxygens (including phenoxy) is 2. The number of hydrogen-bond donors (Lipinski definition) is 1. The van der Waals surface area contributed by atoms with Crippen molar-refractivity contribution >= 4 is 17.6 Å². The number of nitrogens with one attached hydrogen (secondary N) is 1. The lowest BCUT2D eigenvalue weighted by Crippen LogP contribution is -2.46. The molecule has 0 unspecified atom stereocenters. The molecule has 196 valence electrons. The van der Waals surface area contributed by atoms with Crippen molar-refractivity contribution in [2.45, 2.75) is 33.9 Å². The standard InChI is InChI=1S/C28H29N5O5/c1-19-8-10-20(11-9-19)17-32-25(31-26(35)33(27(32)36)18-28(2,3)24(34)37-4)30-21-12-14-22(15-13-21)38-23-7-5-6-16-29-23/h5-16H,17-18H2,1-4H3,(H,30,31,35). The van der Waals surface area contributed by atoms with E-state index in [9.17, 15) is 14.4 Å². The van der Waals surface area contributed by atoms with E-state index < -0.39 is 22.8 Å². The van der Waals surface area contributed by atoms with E-state index in [0.29, 0.717) is 17.3 Å². The number of aromatic nitrogens is 4. The highest BCUT2D eigenvalue weighted by Gasteiger charge is 2.31. The van der Waals surface area contributed by atoms with Gasteiger partial charge in [0.1, 0.15) is 5.75 Å². The quantitative estimate of drug-likeness (QED) is 0.334. The van der Waals surface area contributed by atoms with Crippen LogP contribution in [-0.2, 0) is 22.6 Å². The maximum absolute atomic E-state index is 13.6. The van der Waals surface area contributed by atoms with Crippen LogP contribution in [0.25, 0.3) is 0 Å². The number of esters is 1. The molecule has 0 aliphatic rings. The molecule has 4 rings (SSSR count). The minimum atomic E-state index is -1.11. The molecule has 1 N–H and O–H groups in total. The highest BCUT2D eigenvalue weighted by Crippen LogP contribution is 2.23. The van der Waals surface area contributed by atoms with E-state index in [1.54, 1.807) is 56.4 Å². The van der Waals surface area contributed by atoms with Gasteiger partial charge >= 0.3 is 17.3 Å². The van der Waals surface area contributed by atoms with Gasteiger partial charge in [0.05, 0.1) is 19.1 Å². The van der Waals surface area contributed by atoms with Crippen LogP contribution >= 0.6 is 0 Å². The molecular weight excluding hydrogens is 486 g/mol. The van der Waals surface area contributed by atoms with Crippen LogP contribution in [0.3, 0.4) is 0 Å². The van der Waals surface area contributed by atoms with E-state index in [4.69, 9.17) is 9.47 Å². The molecule has 0 saturated carbocycles. The highest BCUT2D eigenvalue weighted by atomic mass is 16.5. The predicted octanol–water partition coefficient (Wildman–Crippen LogP) is 3.89. The summed E-state index contributed by atoms with van der Waals surface area (Å²) < 4.78 is 12.9. The minimum absolute atomic E-state index is 0.0751. The molecule has 0 atom stereocenters. The largest absolute Gasteiger partial charge is 0.469 e. The summed E-state index contributed by atoms with van der Waals surface area (Å²) in [5, 5.41) is 3.08. The zero-order valence-corrected chi connectivity index (χ0v) is 21.7. The summed E-state index contributed by atoms with van der Waals surface area (Å²) >= 11 is 0. The van der Waals surface area contributed by atoms with Crippen LogP contribution in [0.15, 0.2) is 82.5 Å². The lowest BCUT2D eigenvalue weighted by molar-refractivity contribution is -0.151. The van der Waals surface area contributed by atoms with Crippen molar-refractivity contribution in [3.05, 3.63) is 105 Å². The maximum atomic E-state index is 13.6. The van der Waals surface area contributed by atoms with E-state index in [1.165, 1.54) is 11.7 Å². The van der Waals surface area contributed by atoms with Crippen LogP contribution in [-0.4, -0.2) is 32.2 Å². The Morgan fingerprint density at radius 1 is 0.974 bits per heavy atom. The fraction of sp³-hybridized carbons (Fsp3) is 0.250. The zero-order chi connectivity index (χ0) is 27.3. The van der Waals surface area contributed by atoms with Crippen molar-refractivity contribution in [1.29, 1.82) is 0 Å². The molecule has 2 heterocycles. The SMILES string of the molecule is COC(=O)C(C)(C)Cn1c(=O)nc(Nc2ccc(Oc3ccccn3)cc2)n(Cc2ccc(C)cc2)c1=O. The molecule has 0 bridgehead atoms. The summed E-state index contributed by atoms with van der Waals surface area (Å²) in [5.74, 6) is 0.565. The number of carbonyl (C=O) groups excluding carboxylic acids is 1. The Kier molecular flexibility index (Phi) is 7.71. The lowest BCUT2D eigenvalue weighted by Gasteiger charge is -2.23. The number of benzene rings is 2. The van der Waals surface area contributed by atoms with Gasteiger partial charge in [-0.1, -0.05) is 35.9 Å². The summed E-state index contributed by atoms with van der Waals surface area (Å²) in [6.07, 6.45) is 1.64. The van der Waals surface area contributed by atoms with Gasteiger partial charge in [0.2, 0.25) is 11.8 Å². The summed E-state index contributed by atoms with van der Waals surface area (Å²) in [7, 11) is 1.26. The van der Waals surface area contributed by atoms with Gasteiger partial charge in [0, 0.05) is 24.5 Å². The summed E-state index contributed by atoms with van der Waals surface area (Å²) in [6.45, 7) is 5.17. The number of rotatable bonds is 9. The van der Waals surface area contributed by atoms with Crippen LogP contribution in [0.1, 0.15) is 25.0 Å². The van der Waals surface area contributed by atoms with Crippen molar-refractivity contribution in [2.24, 2.45) is 5.41 Å². The fourth-order valence-electron chi connectivity index (χ4n) is 3.78. The molecule has 10 heteroatoms. The Labute approximate surface area is 219 Å². The molecule has 0 radical (unpaired) electrons. The first kappa shape index (κ1) is 26.3. The number of pyridine rings is 1. The second kappa shape index (κ2) is 11.1. The van der Waals surface area contributed by atoms with Gasteiger partial charge in [-0.2, -0.15) is 4.98 Å². The Morgan fingerprint density at radius 3 is 2.32 bits per heavy atom. The second-order valence-electron chi connectivity index (χ2n) is 9.45. The Morgan fingerprint density at radius 2 is 1.68 bits per heavy atom. The molecule has 2 aromatic heterocycles. The average Bonchev–Trinajstić information content (AvgIpc) is 2.91. The molecule has 0 amide bonds. The van der Waals surface area contributed by atoms with E-state index in [2.05, 4.69) is 15.3 Å². The topological polar surface area (TPSA) is 117 Å². The second-order valence-corrected chi connectivity index (χ2v) is 9.45. The molecule has 38 heavy (non-hydrogen) atoms. The summed E-state index contributed by atoms with van der Waals surface area (Å²) in [4.78, 5) is 47.1. The summed E-state index contributed by atoms with van der Waals surface area (Å²) in [6, 6.07) is 20.0. The molecule has 10 nitrogen and oxygen atoms in total.